The van der Waals surface area contributed by atoms with Gasteiger partial charge in [0.1, 0.15) is 5.82 Å². The lowest BCUT2D eigenvalue weighted by Gasteiger charge is -2.03. The molecule has 0 saturated heterocycles. The van der Waals surface area contributed by atoms with E-state index in [-0.39, 0.29) is 5.82 Å². The first kappa shape index (κ1) is 11.9. The first-order valence-electron chi connectivity index (χ1n) is 5.89. The predicted octanol–water partition coefficient (Wildman–Crippen LogP) is 2.11. The molecular weight excluding hydrogens is 219 g/mol. The molecule has 0 bridgehead atoms. The van der Waals surface area contributed by atoms with Crippen molar-refractivity contribution in [3.05, 3.63) is 24.0 Å². The van der Waals surface area contributed by atoms with Gasteiger partial charge >= 0.3 is 0 Å². The lowest BCUT2D eigenvalue weighted by atomic mass is 10.3. The lowest BCUT2D eigenvalue weighted by molar-refractivity contribution is 0.629. The van der Waals surface area contributed by atoms with Crippen LogP contribution in [0.25, 0.3) is 11.0 Å². The second-order valence-electron chi connectivity index (χ2n) is 3.92. The van der Waals surface area contributed by atoms with Crippen molar-refractivity contribution in [3.63, 3.8) is 0 Å². The quantitative estimate of drug-likeness (QED) is 0.673. The summed E-state index contributed by atoms with van der Waals surface area (Å²) in [5, 5.41) is 6.44. The second-order valence-corrected chi connectivity index (χ2v) is 3.92. The number of imidazole rings is 1. The Bertz CT molecular complexity index is 480. The maximum atomic E-state index is 13.0. The summed E-state index contributed by atoms with van der Waals surface area (Å²) >= 11 is 0. The number of aromatic amines is 1. The molecule has 0 atom stereocenters. The monoisotopic (exact) mass is 236 g/mol. The topological polar surface area (TPSA) is 52.7 Å². The molecule has 0 aliphatic rings. The van der Waals surface area contributed by atoms with Crippen molar-refractivity contribution in [1.29, 1.82) is 0 Å². The Morgan fingerprint density at radius 3 is 3.00 bits per heavy atom. The average Bonchev–Trinajstić information content (AvgIpc) is 2.70. The highest BCUT2D eigenvalue weighted by atomic mass is 19.1. The van der Waals surface area contributed by atoms with Gasteiger partial charge in [-0.3, -0.25) is 0 Å². The maximum absolute atomic E-state index is 13.0. The number of nitrogens with one attached hydrogen (secondary N) is 3. The third-order valence-electron chi connectivity index (χ3n) is 2.46. The van der Waals surface area contributed by atoms with Crippen molar-refractivity contribution < 1.29 is 4.39 Å². The van der Waals surface area contributed by atoms with E-state index in [0.717, 1.165) is 31.6 Å². The van der Waals surface area contributed by atoms with Crippen LogP contribution in [-0.4, -0.2) is 29.6 Å². The van der Waals surface area contributed by atoms with Gasteiger partial charge in [-0.1, -0.05) is 6.92 Å². The molecule has 0 saturated carbocycles. The number of hydrogen-bond donors (Lipinski definition) is 3. The molecular formula is C12H17FN4. The third-order valence-corrected chi connectivity index (χ3v) is 2.46. The summed E-state index contributed by atoms with van der Waals surface area (Å²) in [6.45, 7) is 4.84. The molecule has 92 valence electrons. The van der Waals surface area contributed by atoms with E-state index in [0.29, 0.717) is 11.5 Å². The summed E-state index contributed by atoms with van der Waals surface area (Å²) in [4.78, 5) is 7.35. The van der Waals surface area contributed by atoms with Crippen LogP contribution in [0.1, 0.15) is 13.3 Å². The van der Waals surface area contributed by atoms with Gasteiger partial charge in [-0.05, 0) is 31.2 Å². The lowest BCUT2D eigenvalue weighted by Crippen LogP contribution is -2.23. The van der Waals surface area contributed by atoms with Crippen LogP contribution in [-0.2, 0) is 0 Å². The maximum Gasteiger partial charge on any atom is 0.201 e. The molecule has 1 aromatic carbocycles. The van der Waals surface area contributed by atoms with E-state index in [9.17, 15) is 4.39 Å². The summed E-state index contributed by atoms with van der Waals surface area (Å²) in [6, 6.07) is 4.53. The van der Waals surface area contributed by atoms with E-state index in [1.54, 1.807) is 6.07 Å². The second kappa shape index (κ2) is 5.63. The standard InChI is InChI=1S/C12H17FN4/c1-2-5-14-6-7-15-12-16-10-4-3-9(13)8-11(10)17-12/h3-4,8,14H,2,5-7H2,1H3,(H2,15,16,17). The number of hydrogen-bond acceptors (Lipinski definition) is 3. The van der Waals surface area contributed by atoms with E-state index in [1.165, 1.54) is 12.1 Å². The smallest absolute Gasteiger partial charge is 0.201 e. The normalized spacial score (nSPS) is 10.9. The van der Waals surface area contributed by atoms with Crippen molar-refractivity contribution in [2.75, 3.05) is 25.0 Å². The Kier molecular flexibility index (Phi) is 3.93. The Balaban J connectivity index is 1.91. The van der Waals surface area contributed by atoms with E-state index in [1.807, 2.05) is 0 Å². The molecule has 0 aliphatic carbocycles. The van der Waals surface area contributed by atoms with Gasteiger partial charge in [-0.25, -0.2) is 9.37 Å². The molecule has 1 heterocycles. The summed E-state index contributed by atoms with van der Waals surface area (Å²) in [5.41, 5.74) is 1.49. The van der Waals surface area contributed by atoms with Gasteiger partial charge in [0.15, 0.2) is 0 Å². The highest BCUT2D eigenvalue weighted by Gasteiger charge is 2.02. The Hall–Kier alpha value is -1.62. The molecule has 0 spiro atoms. The Morgan fingerprint density at radius 2 is 2.18 bits per heavy atom. The van der Waals surface area contributed by atoms with Crippen LogP contribution < -0.4 is 10.6 Å². The van der Waals surface area contributed by atoms with E-state index in [2.05, 4.69) is 27.5 Å². The first-order chi connectivity index (χ1) is 8.29. The minimum Gasteiger partial charge on any atom is -0.355 e. The number of fused-ring (bicyclic) bond motifs is 1. The fourth-order valence-electron chi connectivity index (χ4n) is 1.64. The van der Waals surface area contributed by atoms with Gasteiger partial charge in [-0.2, -0.15) is 0 Å². The summed E-state index contributed by atoms with van der Waals surface area (Å²) in [6.07, 6.45) is 1.13. The summed E-state index contributed by atoms with van der Waals surface area (Å²) < 4.78 is 13.0. The zero-order valence-electron chi connectivity index (χ0n) is 9.89. The van der Waals surface area contributed by atoms with Gasteiger partial charge in [0.05, 0.1) is 11.0 Å². The predicted molar refractivity (Wildman–Crippen MR) is 67.7 cm³/mol. The Morgan fingerprint density at radius 1 is 1.29 bits per heavy atom. The number of benzene rings is 1. The van der Waals surface area contributed by atoms with Crippen LogP contribution in [0.4, 0.5) is 10.3 Å². The van der Waals surface area contributed by atoms with Gasteiger partial charge < -0.3 is 15.6 Å². The first-order valence-corrected chi connectivity index (χ1v) is 5.89. The number of halogens is 1. The Labute approximate surface area is 99.6 Å². The number of H-pyrrole nitrogens is 1. The molecule has 2 aromatic rings. The van der Waals surface area contributed by atoms with Crippen molar-refractivity contribution in [3.8, 4) is 0 Å². The van der Waals surface area contributed by atoms with E-state index < -0.39 is 0 Å². The van der Waals surface area contributed by atoms with Crippen molar-refractivity contribution in [1.82, 2.24) is 15.3 Å². The number of nitrogens with zero attached hydrogens (tertiary/aromatic N) is 1. The van der Waals surface area contributed by atoms with Gasteiger partial charge in [0, 0.05) is 13.1 Å². The zero-order chi connectivity index (χ0) is 12.1. The van der Waals surface area contributed by atoms with E-state index in [4.69, 9.17) is 0 Å². The summed E-state index contributed by atoms with van der Waals surface area (Å²) in [7, 11) is 0. The molecule has 17 heavy (non-hydrogen) atoms. The molecule has 4 nitrogen and oxygen atoms in total. The minimum absolute atomic E-state index is 0.252. The average molecular weight is 236 g/mol. The molecule has 1 aromatic heterocycles. The molecule has 2 rings (SSSR count). The largest absolute Gasteiger partial charge is 0.355 e. The van der Waals surface area contributed by atoms with Crippen LogP contribution in [0.3, 0.4) is 0 Å². The molecule has 0 fully saturated rings. The molecule has 0 aliphatic heterocycles. The highest BCUT2D eigenvalue weighted by Crippen LogP contribution is 2.14. The van der Waals surface area contributed by atoms with Crippen molar-refractivity contribution in [2.45, 2.75) is 13.3 Å². The molecule has 0 amide bonds. The minimum atomic E-state index is -0.252. The third kappa shape index (κ3) is 3.17. The van der Waals surface area contributed by atoms with Crippen LogP contribution in [0, 0.1) is 5.82 Å². The molecule has 0 unspecified atom stereocenters. The number of aromatic nitrogens is 2. The fourth-order valence-corrected chi connectivity index (χ4v) is 1.64. The number of anilines is 1. The van der Waals surface area contributed by atoms with Crippen molar-refractivity contribution in [2.24, 2.45) is 0 Å². The van der Waals surface area contributed by atoms with Crippen LogP contribution in [0.2, 0.25) is 0 Å². The fraction of sp³-hybridized carbons (Fsp3) is 0.417. The summed E-state index contributed by atoms with van der Waals surface area (Å²) in [5.74, 6) is 0.432. The molecule has 3 N–H and O–H groups in total. The number of rotatable bonds is 6. The molecule has 0 radical (unpaired) electrons. The van der Waals surface area contributed by atoms with Crippen LogP contribution >= 0.6 is 0 Å². The molecule has 5 heteroatoms. The van der Waals surface area contributed by atoms with Crippen molar-refractivity contribution >= 4 is 17.0 Å². The van der Waals surface area contributed by atoms with Gasteiger partial charge in [0.2, 0.25) is 5.95 Å². The SMILES string of the molecule is CCCNCCNc1nc2ccc(F)cc2[nH]1. The van der Waals surface area contributed by atoms with Gasteiger partial charge in [0.25, 0.3) is 0 Å². The van der Waals surface area contributed by atoms with Crippen LogP contribution in [0.15, 0.2) is 18.2 Å². The van der Waals surface area contributed by atoms with E-state index >= 15 is 0 Å². The van der Waals surface area contributed by atoms with Gasteiger partial charge in [-0.15, -0.1) is 0 Å². The van der Waals surface area contributed by atoms with Crippen LogP contribution in [0.5, 0.6) is 0 Å². The zero-order valence-corrected chi connectivity index (χ0v) is 9.89. The highest BCUT2D eigenvalue weighted by molar-refractivity contribution is 5.77.